The number of Topliss-reactive ketones (excluding diaryl/α,β-unsaturated/α-hetero) is 1. The first-order valence-electron chi connectivity index (χ1n) is 13.6. The number of carbonyl (C=O) groups excluding carboxylic acids is 1. The summed E-state index contributed by atoms with van der Waals surface area (Å²) < 4.78 is 8.67. The molecule has 4 heterocycles. The molecule has 5 aromatic rings. The van der Waals surface area contributed by atoms with Gasteiger partial charge in [-0.05, 0) is 43.1 Å². The molecule has 198 valence electrons. The van der Waals surface area contributed by atoms with Gasteiger partial charge in [-0.15, -0.1) is 0 Å². The molecule has 39 heavy (non-hydrogen) atoms. The minimum atomic E-state index is -0.204. The number of anilines is 1. The first kappa shape index (κ1) is 25.0. The second-order valence-corrected chi connectivity index (χ2v) is 10.0. The number of rotatable bonds is 9. The molecular weight excluding hydrogens is 490 g/mol. The van der Waals surface area contributed by atoms with E-state index in [1.165, 1.54) is 16.5 Å². The zero-order valence-corrected chi connectivity index (χ0v) is 21.9. The van der Waals surface area contributed by atoms with Crippen molar-refractivity contribution in [1.82, 2.24) is 14.5 Å². The Bertz CT molecular complexity index is 1640. The lowest BCUT2D eigenvalue weighted by Gasteiger charge is -2.36. The highest BCUT2D eigenvalue weighted by Gasteiger charge is 2.24. The van der Waals surface area contributed by atoms with Gasteiger partial charge < -0.3 is 4.90 Å². The van der Waals surface area contributed by atoms with Crippen LogP contribution in [0.2, 0.25) is 0 Å². The van der Waals surface area contributed by atoms with Crippen molar-refractivity contribution in [3.63, 3.8) is 0 Å². The number of piperazine rings is 1. The van der Waals surface area contributed by atoms with Crippen molar-refractivity contribution in [3.05, 3.63) is 107 Å². The van der Waals surface area contributed by atoms with Crippen LogP contribution in [0.4, 0.5) is 5.69 Å². The molecule has 3 aromatic heterocycles. The van der Waals surface area contributed by atoms with Gasteiger partial charge in [-0.3, -0.25) is 19.1 Å². The maximum Gasteiger partial charge on any atom is 0.329 e. The van der Waals surface area contributed by atoms with Crippen LogP contribution in [0.5, 0.6) is 0 Å². The normalized spacial score (nSPS) is 14.3. The Morgan fingerprint density at radius 3 is 2.36 bits per heavy atom. The molecule has 0 bridgehead atoms. The van der Waals surface area contributed by atoms with Crippen molar-refractivity contribution in [3.8, 4) is 0 Å². The second kappa shape index (κ2) is 11.2. The minimum Gasteiger partial charge on any atom is -0.369 e. The van der Waals surface area contributed by atoms with Crippen molar-refractivity contribution < 1.29 is 13.9 Å². The molecule has 1 fully saturated rings. The van der Waals surface area contributed by atoms with Crippen LogP contribution in [-0.2, 0) is 6.54 Å². The fourth-order valence-electron chi connectivity index (χ4n) is 5.34. The van der Waals surface area contributed by atoms with Crippen molar-refractivity contribution in [2.45, 2.75) is 25.8 Å². The number of benzene rings is 2. The quantitative estimate of drug-likeness (QED) is 0.166. The number of unbranched alkanes of at least 4 members (excludes halogenated alkanes) is 1. The smallest absolute Gasteiger partial charge is 0.329 e. The van der Waals surface area contributed by atoms with E-state index >= 15 is 0 Å². The number of fused-ring (bicyclic) bond motifs is 3. The zero-order valence-electron chi connectivity index (χ0n) is 21.9. The Morgan fingerprint density at radius 2 is 1.59 bits per heavy atom. The number of carbonyl (C=O) groups is 1. The molecule has 8 nitrogen and oxygen atoms in total. The maximum atomic E-state index is 13.3. The van der Waals surface area contributed by atoms with Gasteiger partial charge in [-0.2, -0.15) is 0 Å². The highest BCUT2D eigenvalue weighted by Crippen LogP contribution is 2.17. The van der Waals surface area contributed by atoms with Crippen LogP contribution >= 0.6 is 0 Å². The summed E-state index contributed by atoms with van der Waals surface area (Å²) in [6, 6.07) is 25.5. The van der Waals surface area contributed by atoms with Gasteiger partial charge in [0.05, 0.1) is 12.6 Å². The molecule has 8 heteroatoms. The summed E-state index contributed by atoms with van der Waals surface area (Å²) in [5, 5.41) is 0. The molecule has 1 aliphatic heterocycles. The molecule has 6 rings (SSSR count). The average molecular weight is 523 g/mol. The molecule has 0 spiro atoms. The molecule has 0 atom stereocenters. The molecular formula is C31H32N5O3+. The summed E-state index contributed by atoms with van der Waals surface area (Å²) in [6.45, 7) is 5.47. The molecule has 1 saturated heterocycles. The van der Waals surface area contributed by atoms with Crippen molar-refractivity contribution in [1.29, 1.82) is 0 Å². The van der Waals surface area contributed by atoms with E-state index in [-0.39, 0.29) is 11.3 Å². The molecule has 0 N–H and O–H groups in total. The lowest BCUT2D eigenvalue weighted by atomic mass is 10.1. The molecule has 0 unspecified atom stereocenters. The highest BCUT2D eigenvalue weighted by molar-refractivity contribution is 5.95. The minimum absolute atomic E-state index is 0.00551. The Labute approximate surface area is 226 Å². The fourth-order valence-corrected chi connectivity index (χ4v) is 5.34. The lowest BCUT2D eigenvalue weighted by Crippen LogP contribution is -2.46. The van der Waals surface area contributed by atoms with Gasteiger partial charge in [0.1, 0.15) is 5.69 Å². The Balaban J connectivity index is 1.11. The number of hydrogen-bond donors (Lipinski definition) is 0. The summed E-state index contributed by atoms with van der Waals surface area (Å²) >= 11 is 0. The van der Waals surface area contributed by atoms with Gasteiger partial charge in [-0.25, -0.2) is 9.51 Å². The topological polar surface area (TPSA) is 75.7 Å². The van der Waals surface area contributed by atoms with Crippen LogP contribution in [0, 0.1) is 0 Å². The SMILES string of the molecule is O=C(CCCCN1CCN(c2ccccc2)CC1)c1ccc2c(n1)n(Cc1ccccc1)c(=O)c1cco[n+]12. The van der Waals surface area contributed by atoms with Crippen LogP contribution in [0.3, 0.4) is 0 Å². The van der Waals surface area contributed by atoms with Gasteiger partial charge in [0.2, 0.25) is 5.65 Å². The summed E-state index contributed by atoms with van der Waals surface area (Å²) in [6.07, 6.45) is 3.69. The summed E-state index contributed by atoms with van der Waals surface area (Å²) in [5.74, 6) is -0.00551. The van der Waals surface area contributed by atoms with Crippen molar-refractivity contribution in [2.75, 3.05) is 37.6 Å². The van der Waals surface area contributed by atoms with Crippen LogP contribution < -0.4 is 15.0 Å². The first-order chi connectivity index (χ1) is 19.2. The number of ketones is 1. The fraction of sp³-hybridized carbons (Fsp3) is 0.290. The van der Waals surface area contributed by atoms with Crippen LogP contribution in [0.1, 0.15) is 35.3 Å². The monoisotopic (exact) mass is 522 g/mol. The Morgan fingerprint density at radius 1 is 0.846 bits per heavy atom. The van der Waals surface area contributed by atoms with Crippen LogP contribution in [0.15, 0.2) is 94.4 Å². The van der Waals surface area contributed by atoms with E-state index in [0.29, 0.717) is 35.3 Å². The zero-order chi connectivity index (χ0) is 26.6. The van der Waals surface area contributed by atoms with E-state index in [9.17, 15) is 9.59 Å². The second-order valence-electron chi connectivity index (χ2n) is 10.0. The first-order valence-corrected chi connectivity index (χ1v) is 13.6. The van der Waals surface area contributed by atoms with Gasteiger partial charge in [-0.1, -0.05) is 48.5 Å². The maximum absolute atomic E-state index is 13.3. The number of hydrogen-bond acceptors (Lipinski definition) is 6. The molecule has 0 radical (unpaired) electrons. The van der Waals surface area contributed by atoms with Gasteiger partial charge >= 0.3 is 16.6 Å². The predicted octanol–water partition coefficient (Wildman–Crippen LogP) is 3.95. The third-order valence-electron chi connectivity index (χ3n) is 7.50. The molecule has 1 aliphatic rings. The number of pyridine rings is 1. The largest absolute Gasteiger partial charge is 0.369 e. The van der Waals surface area contributed by atoms with E-state index in [1.54, 1.807) is 16.7 Å². The van der Waals surface area contributed by atoms with E-state index in [4.69, 9.17) is 4.52 Å². The van der Waals surface area contributed by atoms with E-state index < -0.39 is 0 Å². The van der Waals surface area contributed by atoms with Crippen molar-refractivity contribution in [2.24, 2.45) is 0 Å². The van der Waals surface area contributed by atoms with Crippen LogP contribution in [0.25, 0.3) is 16.7 Å². The summed E-state index contributed by atoms with van der Waals surface area (Å²) in [5.41, 5.74) is 3.97. The highest BCUT2D eigenvalue weighted by atomic mass is 16.5. The van der Waals surface area contributed by atoms with Crippen LogP contribution in [-0.4, -0.2) is 53.0 Å². The third kappa shape index (κ3) is 5.33. The van der Waals surface area contributed by atoms with E-state index in [2.05, 4.69) is 45.1 Å². The third-order valence-corrected chi connectivity index (χ3v) is 7.50. The molecule has 0 amide bonds. The van der Waals surface area contributed by atoms with Gasteiger partial charge in [0.25, 0.3) is 0 Å². The van der Waals surface area contributed by atoms with Gasteiger partial charge in [0.15, 0.2) is 12.0 Å². The van der Waals surface area contributed by atoms with Gasteiger partial charge in [0, 0.05) is 48.9 Å². The molecule has 0 aliphatic carbocycles. The summed E-state index contributed by atoms with van der Waals surface area (Å²) in [4.78, 5) is 36.0. The standard InChI is InChI=1S/C31H32N5O3/c37-29(13-7-8-17-33-18-20-34(21-19-33)25-11-5-2-6-12-25)26-14-15-27-30(32-26)35(23-24-9-3-1-4-10-24)31(38)28-16-22-39-36(27)28/h1-6,9-12,14-16,22H,7-8,13,17-21,23H2/q+1. The number of para-hydroxylation sites is 1. The average Bonchev–Trinajstić information content (AvgIpc) is 3.49. The number of nitrogens with zero attached hydrogens (tertiary/aromatic N) is 5. The summed E-state index contributed by atoms with van der Waals surface area (Å²) in [7, 11) is 0. The predicted molar refractivity (Wildman–Crippen MR) is 150 cm³/mol. The molecule has 2 aromatic carbocycles. The Hall–Kier alpha value is -4.30. The van der Waals surface area contributed by atoms with E-state index in [1.807, 2.05) is 36.4 Å². The Kier molecular flexibility index (Phi) is 7.19. The molecule has 0 saturated carbocycles. The van der Waals surface area contributed by atoms with E-state index in [0.717, 1.165) is 51.1 Å². The number of aromatic nitrogens is 3. The van der Waals surface area contributed by atoms with Crippen molar-refractivity contribution >= 4 is 28.2 Å². The lowest BCUT2D eigenvalue weighted by molar-refractivity contribution is -0.694.